The first-order valence-electron chi connectivity index (χ1n) is 8.80. The van der Waals surface area contributed by atoms with E-state index in [9.17, 15) is 13.2 Å². The average Bonchev–Trinajstić information content (AvgIpc) is 3.32. The van der Waals surface area contributed by atoms with Crippen LogP contribution in [0, 0.1) is 0 Å². The van der Waals surface area contributed by atoms with Gasteiger partial charge in [-0.1, -0.05) is 30.3 Å². The maximum Gasteiger partial charge on any atom is 0.419 e. The minimum atomic E-state index is -4.49. The highest BCUT2D eigenvalue weighted by Gasteiger charge is 2.33. The lowest BCUT2D eigenvalue weighted by atomic mass is 10.2. The summed E-state index contributed by atoms with van der Waals surface area (Å²) in [5.41, 5.74) is 6.93. The zero-order chi connectivity index (χ0) is 20.6. The van der Waals surface area contributed by atoms with Gasteiger partial charge in [0.2, 0.25) is 11.9 Å². The van der Waals surface area contributed by atoms with E-state index in [1.54, 1.807) is 4.57 Å². The molecule has 1 aromatic carbocycles. The van der Waals surface area contributed by atoms with Crippen molar-refractivity contribution in [1.82, 2.24) is 29.3 Å². The van der Waals surface area contributed by atoms with Crippen molar-refractivity contribution >= 4 is 22.9 Å². The molecule has 0 fully saturated rings. The first kappa shape index (κ1) is 18.7. The Morgan fingerprint density at radius 3 is 2.52 bits per heavy atom. The average molecular weight is 402 g/mol. The zero-order valence-electron chi connectivity index (χ0n) is 15.4. The molecule has 3 aromatic heterocycles. The van der Waals surface area contributed by atoms with Crippen LogP contribution in [0.25, 0.3) is 17.1 Å². The van der Waals surface area contributed by atoms with E-state index in [4.69, 9.17) is 5.73 Å². The second-order valence-electron chi connectivity index (χ2n) is 6.27. The van der Waals surface area contributed by atoms with Crippen LogP contribution in [0.5, 0.6) is 0 Å². The van der Waals surface area contributed by atoms with Crippen LogP contribution in [-0.4, -0.2) is 29.3 Å². The fourth-order valence-corrected chi connectivity index (χ4v) is 2.91. The Morgan fingerprint density at radius 2 is 1.86 bits per heavy atom. The van der Waals surface area contributed by atoms with Crippen LogP contribution in [0.3, 0.4) is 0 Å². The van der Waals surface area contributed by atoms with Crippen molar-refractivity contribution in [3.8, 4) is 5.95 Å². The van der Waals surface area contributed by atoms with Gasteiger partial charge in [-0.05, 0) is 12.5 Å². The Morgan fingerprint density at radius 1 is 1.10 bits per heavy atom. The number of aromatic nitrogens is 6. The number of halogens is 3. The highest BCUT2D eigenvalue weighted by atomic mass is 19.4. The van der Waals surface area contributed by atoms with Gasteiger partial charge in [0.1, 0.15) is 0 Å². The van der Waals surface area contributed by atoms with Crippen molar-refractivity contribution in [2.45, 2.75) is 26.2 Å². The van der Waals surface area contributed by atoms with E-state index in [0.29, 0.717) is 30.2 Å². The van der Waals surface area contributed by atoms with Gasteiger partial charge in [-0.25, -0.2) is 9.67 Å². The van der Waals surface area contributed by atoms with Gasteiger partial charge < -0.3 is 11.1 Å². The fraction of sp³-hybridized carbons (Fsp3) is 0.222. The maximum absolute atomic E-state index is 12.9. The lowest BCUT2D eigenvalue weighted by Crippen LogP contribution is -2.09. The van der Waals surface area contributed by atoms with Crippen LogP contribution in [0.1, 0.15) is 18.1 Å². The van der Waals surface area contributed by atoms with Crippen LogP contribution < -0.4 is 11.1 Å². The molecule has 0 aliphatic heterocycles. The topological polar surface area (TPSA) is 99.5 Å². The second kappa shape index (κ2) is 7.08. The summed E-state index contributed by atoms with van der Waals surface area (Å²) in [7, 11) is 0. The molecule has 4 aromatic rings. The molecule has 8 nitrogen and oxygen atoms in total. The summed E-state index contributed by atoms with van der Waals surface area (Å²) in [6.45, 7) is 2.72. The predicted octanol–water partition coefficient (Wildman–Crippen LogP) is 3.25. The number of nitrogens with two attached hydrogens (primary N) is 1. The highest BCUT2D eigenvalue weighted by molar-refractivity contribution is 5.84. The highest BCUT2D eigenvalue weighted by Crippen LogP contribution is 2.30. The number of benzene rings is 1. The van der Waals surface area contributed by atoms with Gasteiger partial charge in [-0.15, -0.1) is 0 Å². The van der Waals surface area contributed by atoms with E-state index < -0.39 is 11.7 Å². The van der Waals surface area contributed by atoms with E-state index in [1.165, 1.54) is 0 Å². The smallest absolute Gasteiger partial charge is 0.382 e. The third-order valence-corrected chi connectivity index (χ3v) is 4.33. The summed E-state index contributed by atoms with van der Waals surface area (Å²) in [5.74, 6) is 0.609. The molecule has 150 valence electrons. The normalized spacial score (nSPS) is 11.9. The Kier molecular flexibility index (Phi) is 4.57. The summed E-state index contributed by atoms with van der Waals surface area (Å²) >= 11 is 0. The Bertz CT molecular complexity index is 1150. The number of alkyl halides is 3. The first-order chi connectivity index (χ1) is 13.9. The lowest BCUT2D eigenvalue weighted by Gasteiger charge is -2.08. The van der Waals surface area contributed by atoms with Gasteiger partial charge in [-0.3, -0.25) is 4.57 Å². The fourth-order valence-electron chi connectivity index (χ4n) is 2.91. The molecule has 0 atom stereocenters. The minimum absolute atomic E-state index is 0.127. The van der Waals surface area contributed by atoms with Crippen LogP contribution in [0.4, 0.5) is 24.9 Å². The van der Waals surface area contributed by atoms with E-state index in [2.05, 4.69) is 25.4 Å². The number of aryl methyl sites for hydroxylation is 1. The largest absolute Gasteiger partial charge is 0.419 e. The lowest BCUT2D eigenvalue weighted by molar-refractivity contribution is -0.137. The van der Waals surface area contributed by atoms with E-state index in [-0.39, 0.29) is 11.8 Å². The van der Waals surface area contributed by atoms with Crippen molar-refractivity contribution in [2.24, 2.45) is 0 Å². The third kappa shape index (κ3) is 3.58. The maximum atomic E-state index is 12.9. The molecular formula is C18H17F3N8. The number of rotatable bonds is 5. The number of fused-ring (bicyclic) bond motifs is 1. The number of hydrogen-bond acceptors (Lipinski definition) is 6. The zero-order valence-corrected chi connectivity index (χ0v) is 15.4. The van der Waals surface area contributed by atoms with Crippen molar-refractivity contribution < 1.29 is 13.2 Å². The minimum Gasteiger partial charge on any atom is -0.382 e. The van der Waals surface area contributed by atoms with Crippen molar-refractivity contribution in [2.75, 3.05) is 11.1 Å². The second-order valence-corrected chi connectivity index (χ2v) is 6.27. The molecule has 4 rings (SSSR count). The summed E-state index contributed by atoms with van der Waals surface area (Å²) < 4.78 is 41.4. The van der Waals surface area contributed by atoms with E-state index in [1.807, 2.05) is 37.3 Å². The summed E-state index contributed by atoms with van der Waals surface area (Å²) in [6.07, 6.45) is -2.86. The predicted molar refractivity (Wildman–Crippen MR) is 101 cm³/mol. The van der Waals surface area contributed by atoms with Gasteiger partial charge in [0, 0.05) is 19.3 Å². The Labute approximate surface area is 163 Å². The number of nitrogen functional groups attached to an aromatic ring is 1. The molecule has 0 aliphatic rings. The molecule has 0 unspecified atom stereocenters. The van der Waals surface area contributed by atoms with E-state index >= 15 is 0 Å². The van der Waals surface area contributed by atoms with Gasteiger partial charge >= 0.3 is 6.18 Å². The molecule has 0 aliphatic carbocycles. The van der Waals surface area contributed by atoms with Gasteiger partial charge in [0.15, 0.2) is 17.0 Å². The number of hydrogen-bond donors (Lipinski definition) is 2. The van der Waals surface area contributed by atoms with Crippen LogP contribution in [0.15, 0.2) is 42.7 Å². The van der Waals surface area contributed by atoms with Crippen molar-refractivity contribution in [1.29, 1.82) is 0 Å². The Hall–Kier alpha value is -3.63. The van der Waals surface area contributed by atoms with Crippen LogP contribution in [0.2, 0.25) is 0 Å². The molecule has 0 bridgehead atoms. The van der Waals surface area contributed by atoms with E-state index in [0.717, 1.165) is 22.6 Å². The molecule has 0 spiro atoms. The van der Waals surface area contributed by atoms with Crippen molar-refractivity contribution in [3.63, 3.8) is 0 Å². The van der Waals surface area contributed by atoms with Crippen LogP contribution >= 0.6 is 0 Å². The standard InChI is InChI=1S/C18H17F3N8/c1-2-28-15-13(25-17(28)29-10-12(9-24-29)18(19,20)21)14(22)26-16(27-15)23-8-11-6-4-3-5-7-11/h3-7,9-10H,2,8H2,1H3,(H3,22,23,26,27). The number of nitrogens with one attached hydrogen (secondary N) is 1. The molecule has 3 heterocycles. The molecule has 11 heteroatoms. The number of imidazole rings is 1. The van der Waals surface area contributed by atoms with Crippen LogP contribution in [-0.2, 0) is 19.3 Å². The quantitative estimate of drug-likeness (QED) is 0.532. The van der Waals surface area contributed by atoms with Gasteiger partial charge in [0.25, 0.3) is 0 Å². The number of anilines is 2. The summed E-state index contributed by atoms with van der Waals surface area (Å²) in [6, 6.07) is 9.68. The monoisotopic (exact) mass is 402 g/mol. The Balaban J connectivity index is 1.72. The number of nitrogens with zero attached hydrogens (tertiary/aromatic N) is 6. The molecule has 0 amide bonds. The van der Waals surface area contributed by atoms with Crippen molar-refractivity contribution in [3.05, 3.63) is 53.9 Å². The first-order valence-corrected chi connectivity index (χ1v) is 8.80. The molecule has 3 N–H and O–H groups in total. The molecular weight excluding hydrogens is 385 g/mol. The molecule has 0 radical (unpaired) electrons. The summed E-state index contributed by atoms with van der Waals surface area (Å²) in [5, 5.41) is 6.90. The molecule has 29 heavy (non-hydrogen) atoms. The summed E-state index contributed by atoms with van der Waals surface area (Å²) in [4.78, 5) is 13.0. The molecule has 0 saturated carbocycles. The van der Waals surface area contributed by atoms with Gasteiger partial charge in [-0.2, -0.15) is 28.2 Å². The third-order valence-electron chi connectivity index (χ3n) is 4.33. The van der Waals surface area contributed by atoms with Gasteiger partial charge in [0.05, 0.1) is 11.8 Å². The SMILES string of the molecule is CCn1c(-n2cc(C(F)(F)F)cn2)nc2c(N)nc(NCc3ccccc3)nc21. The molecule has 0 saturated heterocycles.